The smallest absolute Gasteiger partial charge is 0.241 e. The molecule has 118 valence electrons. The molecule has 1 fully saturated rings. The quantitative estimate of drug-likeness (QED) is 0.741. The number of hydrogen-bond donors (Lipinski definition) is 1. The van der Waals surface area contributed by atoms with E-state index in [4.69, 9.17) is 0 Å². The van der Waals surface area contributed by atoms with Gasteiger partial charge in [-0.3, -0.25) is 10.1 Å². The predicted octanol–water partition coefficient (Wildman–Crippen LogP) is 2.16. The molecule has 2 unspecified atom stereocenters. The van der Waals surface area contributed by atoms with Crippen LogP contribution in [0, 0.1) is 11.8 Å². The lowest BCUT2D eigenvalue weighted by molar-refractivity contribution is -0.131. The Morgan fingerprint density at radius 1 is 1.15 bits per heavy atom. The molecule has 1 amide bonds. The van der Waals surface area contributed by atoms with Gasteiger partial charge < -0.3 is 9.80 Å². The Kier molecular flexibility index (Phi) is 6.96. The maximum atomic E-state index is 12.6. The highest BCUT2D eigenvalue weighted by Crippen LogP contribution is 2.21. The zero-order valence-corrected chi connectivity index (χ0v) is 14.1. The van der Waals surface area contributed by atoms with Gasteiger partial charge in [-0.2, -0.15) is 0 Å². The van der Waals surface area contributed by atoms with Crippen LogP contribution in [-0.4, -0.2) is 54.1 Å². The molecule has 1 heterocycles. The second kappa shape index (κ2) is 7.99. The lowest BCUT2D eigenvalue weighted by atomic mass is 10.0. The third-order valence-corrected chi connectivity index (χ3v) is 4.18. The van der Waals surface area contributed by atoms with Gasteiger partial charge in [-0.05, 0) is 31.3 Å². The molecule has 0 spiro atoms. The van der Waals surface area contributed by atoms with Crippen LogP contribution in [-0.2, 0) is 4.79 Å². The normalized spacial score (nSPS) is 23.6. The monoisotopic (exact) mass is 283 g/mol. The SMILES string of the molecule is CCCN(CC)CCN1C(=O)C(C(C)C)NC1C(C)C. The summed E-state index contributed by atoms with van der Waals surface area (Å²) in [6, 6.07) is -0.0105. The van der Waals surface area contributed by atoms with Crippen LogP contribution in [0.5, 0.6) is 0 Å². The van der Waals surface area contributed by atoms with Gasteiger partial charge in [0.1, 0.15) is 0 Å². The molecule has 0 aromatic rings. The first kappa shape index (κ1) is 17.4. The highest BCUT2D eigenvalue weighted by atomic mass is 16.2. The third-order valence-electron chi connectivity index (χ3n) is 4.18. The summed E-state index contributed by atoms with van der Waals surface area (Å²) < 4.78 is 0. The van der Waals surface area contributed by atoms with Gasteiger partial charge in [0, 0.05) is 13.1 Å². The van der Waals surface area contributed by atoms with E-state index in [1.54, 1.807) is 0 Å². The van der Waals surface area contributed by atoms with Crippen molar-refractivity contribution in [3.63, 3.8) is 0 Å². The maximum absolute atomic E-state index is 12.6. The van der Waals surface area contributed by atoms with E-state index >= 15 is 0 Å². The Morgan fingerprint density at radius 2 is 1.80 bits per heavy atom. The molecule has 0 saturated carbocycles. The highest BCUT2D eigenvalue weighted by Gasteiger charge is 2.41. The van der Waals surface area contributed by atoms with Crippen LogP contribution in [0.3, 0.4) is 0 Å². The molecule has 1 rings (SSSR count). The average Bonchev–Trinajstić information content (AvgIpc) is 2.72. The summed E-state index contributed by atoms with van der Waals surface area (Å²) in [6.07, 6.45) is 1.36. The van der Waals surface area contributed by atoms with E-state index < -0.39 is 0 Å². The molecule has 1 aliphatic rings. The van der Waals surface area contributed by atoms with Crippen molar-refractivity contribution < 1.29 is 4.79 Å². The van der Waals surface area contributed by atoms with E-state index in [1.807, 2.05) is 0 Å². The Balaban J connectivity index is 2.66. The second-order valence-electron chi connectivity index (χ2n) is 6.54. The van der Waals surface area contributed by atoms with Gasteiger partial charge in [0.25, 0.3) is 0 Å². The van der Waals surface area contributed by atoms with Gasteiger partial charge in [0.05, 0.1) is 12.2 Å². The van der Waals surface area contributed by atoms with E-state index in [1.165, 1.54) is 6.42 Å². The van der Waals surface area contributed by atoms with Crippen LogP contribution in [0.25, 0.3) is 0 Å². The molecular weight excluding hydrogens is 250 g/mol. The molecule has 4 heteroatoms. The second-order valence-corrected chi connectivity index (χ2v) is 6.54. The van der Waals surface area contributed by atoms with Gasteiger partial charge in [-0.25, -0.2) is 0 Å². The highest BCUT2D eigenvalue weighted by molar-refractivity contribution is 5.84. The number of rotatable bonds is 8. The number of nitrogens with zero attached hydrogens (tertiary/aromatic N) is 2. The van der Waals surface area contributed by atoms with Crippen molar-refractivity contribution in [3.05, 3.63) is 0 Å². The summed E-state index contributed by atoms with van der Waals surface area (Å²) in [5.41, 5.74) is 0. The molecule has 0 aromatic heterocycles. The van der Waals surface area contributed by atoms with Crippen molar-refractivity contribution >= 4 is 5.91 Å². The molecular formula is C16H33N3O. The van der Waals surface area contributed by atoms with Crippen molar-refractivity contribution in [3.8, 4) is 0 Å². The summed E-state index contributed by atoms with van der Waals surface area (Å²) in [4.78, 5) is 17.1. The first-order valence-corrected chi connectivity index (χ1v) is 8.21. The molecule has 1 saturated heterocycles. The summed E-state index contributed by atoms with van der Waals surface area (Å²) >= 11 is 0. The van der Waals surface area contributed by atoms with Crippen molar-refractivity contribution in [1.29, 1.82) is 0 Å². The van der Waals surface area contributed by atoms with Gasteiger partial charge in [0.2, 0.25) is 5.91 Å². The van der Waals surface area contributed by atoms with Crippen molar-refractivity contribution in [2.75, 3.05) is 26.2 Å². The van der Waals surface area contributed by atoms with Crippen LogP contribution < -0.4 is 5.32 Å². The molecule has 0 radical (unpaired) electrons. The first-order valence-electron chi connectivity index (χ1n) is 8.21. The Labute approximate surface area is 124 Å². The van der Waals surface area contributed by atoms with E-state index in [-0.39, 0.29) is 18.1 Å². The van der Waals surface area contributed by atoms with Crippen molar-refractivity contribution in [2.45, 2.75) is 60.2 Å². The number of carbonyl (C=O) groups excluding carboxylic acids is 1. The minimum Gasteiger partial charge on any atom is -0.324 e. The summed E-state index contributed by atoms with van der Waals surface area (Å²) in [6.45, 7) is 17.0. The maximum Gasteiger partial charge on any atom is 0.241 e. The van der Waals surface area contributed by atoms with E-state index in [0.717, 1.165) is 26.2 Å². The standard InChI is InChI=1S/C16H33N3O/c1-7-9-18(8-2)10-11-19-15(13(5)6)17-14(12(3)4)16(19)20/h12-15,17H,7-11H2,1-6H3. The zero-order chi connectivity index (χ0) is 15.3. The van der Waals surface area contributed by atoms with Crippen LogP contribution >= 0.6 is 0 Å². The number of hydrogen-bond acceptors (Lipinski definition) is 3. The van der Waals surface area contributed by atoms with Gasteiger partial charge >= 0.3 is 0 Å². The first-order chi connectivity index (χ1) is 9.42. The summed E-state index contributed by atoms with van der Waals surface area (Å²) in [7, 11) is 0. The van der Waals surface area contributed by atoms with E-state index in [0.29, 0.717) is 11.8 Å². The third kappa shape index (κ3) is 4.19. The van der Waals surface area contributed by atoms with Gasteiger partial charge in [0.15, 0.2) is 0 Å². The largest absolute Gasteiger partial charge is 0.324 e. The molecule has 1 aliphatic heterocycles. The Bertz CT molecular complexity index is 304. The molecule has 0 aliphatic carbocycles. The molecule has 0 bridgehead atoms. The van der Waals surface area contributed by atoms with E-state index in [2.05, 4.69) is 56.7 Å². The van der Waals surface area contributed by atoms with Crippen LogP contribution in [0.15, 0.2) is 0 Å². The Morgan fingerprint density at radius 3 is 2.25 bits per heavy atom. The van der Waals surface area contributed by atoms with Gasteiger partial charge in [-0.1, -0.05) is 41.5 Å². The number of carbonyl (C=O) groups is 1. The summed E-state index contributed by atoms with van der Waals surface area (Å²) in [5, 5.41) is 3.52. The minimum absolute atomic E-state index is 0.0105. The van der Waals surface area contributed by atoms with Crippen molar-refractivity contribution in [1.82, 2.24) is 15.1 Å². The van der Waals surface area contributed by atoms with Crippen LogP contribution in [0.1, 0.15) is 48.0 Å². The zero-order valence-electron chi connectivity index (χ0n) is 14.1. The van der Waals surface area contributed by atoms with Crippen LogP contribution in [0.2, 0.25) is 0 Å². The topological polar surface area (TPSA) is 35.6 Å². The number of amides is 1. The van der Waals surface area contributed by atoms with Crippen molar-refractivity contribution in [2.24, 2.45) is 11.8 Å². The molecule has 20 heavy (non-hydrogen) atoms. The fraction of sp³-hybridized carbons (Fsp3) is 0.938. The number of likely N-dealkylation sites (N-methyl/N-ethyl adjacent to an activating group) is 1. The Hall–Kier alpha value is -0.610. The molecule has 0 aromatic carbocycles. The fourth-order valence-corrected chi connectivity index (χ4v) is 2.93. The van der Waals surface area contributed by atoms with E-state index in [9.17, 15) is 4.79 Å². The lowest BCUT2D eigenvalue weighted by Gasteiger charge is -2.30. The van der Waals surface area contributed by atoms with Gasteiger partial charge in [-0.15, -0.1) is 0 Å². The number of nitrogens with one attached hydrogen (secondary N) is 1. The minimum atomic E-state index is -0.0105. The molecule has 2 atom stereocenters. The van der Waals surface area contributed by atoms with Crippen LogP contribution in [0.4, 0.5) is 0 Å². The summed E-state index contributed by atoms with van der Waals surface area (Å²) in [5.74, 6) is 1.09. The molecule has 4 nitrogen and oxygen atoms in total. The predicted molar refractivity (Wildman–Crippen MR) is 84.5 cm³/mol. The molecule has 1 N–H and O–H groups in total. The fourth-order valence-electron chi connectivity index (χ4n) is 2.93. The average molecular weight is 283 g/mol. The lowest BCUT2D eigenvalue weighted by Crippen LogP contribution is -2.45.